The molecule has 1 heterocycles. The number of amides is 1. The third kappa shape index (κ3) is 4.35. The molecule has 0 radical (unpaired) electrons. The molecule has 8 nitrogen and oxygen atoms in total. The van der Waals surface area contributed by atoms with Crippen LogP contribution >= 0.6 is 0 Å². The summed E-state index contributed by atoms with van der Waals surface area (Å²) in [4.78, 5) is 22.8. The number of benzene rings is 2. The van der Waals surface area contributed by atoms with Crippen LogP contribution in [0.4, 0.5) is 5.69 Å². The number of rotatable bonds is 7. The van der Waals surface area contributed by atoms with E-state index in [1.165, 1.54) is 23.0 Å². The molecule has 0 fully saturated rings. The van der Waals surface area contributed by atoms with Gasteiger partial charge in [0.25, 0.3) is 11.6 Å². The van der Waals surface area contributed by atoms with E-state index in [4.69, 9.17) is 4.74 Å². The molecule has 0 bridgehead atoms. The van der Waals surface area contributed by atoms with Crippen molar-refractivity contribution in [3.63, 3.8) is 0 Å². The van der Waals surface area contributed by atoms with Gasteiger partial charge >= 0.3 is 0 Å². The summed E-state index contributed by atoms with van der Waals surface area (Å²) >= 11 is 0. The van der Waals surface area contributed by atoms with E-state index in [1.807, 2.05) is 38.1 Å². The van der Waals surface area contributed by atoms with E-state index in [2.05, 4.69) is 10.4 Å². The molecule has 1 unspecified atom stereocenters. The van der Waals surface area contributed by atoms with Crippen molar-refractivity contribution in [3.05, 3.63) is 82.2 Å². The minimum absolute atomic E-state index is 0.00180. The fourth-order valence-corrected chi connectivity index (χ4v) is 2.69. The van der Waals surface area contributed by atoms with Gasteiger partial charge in [0.1, 0.15) is 5.75 Å². The quantitative estimate of drug-likeness (QED) is 0.498. The molecule has 0 aliphatic carbocycles. The second-order valence-electron chi connectivity index (χ2n) is 6.14. The average molecular weight is 380 g/mol. The lowest BCUT2D eigenvalue weighted by Gasteiger charge is -2.14. The molecule has 0 saturated heterocycles. The molecule has 144 valence electrons. The third-order valence-corrected chi connectivity index (χ3v) is 4.21. The molecule has 1 N–H and O–H groups in total. The van der Waals surface area contributed by atoms with E-state index in [0.29, 0.717) is 17.9 Å². The summed E-state index contributed by atoms with van der Waals surface area (Å²) in [7, 11) is 0. The average Bonchev–Trinajstić information content (AvgIpc) is 3.19. The number of nitrogens with zero attached hydrogens (tertiary/aromatic N) is 3. The third-order valence-electron chi connectivity index (χ3n) is 4.21. The summed E-state index contributed by atoms with van der Waals surface area (Å²) in [5.74, 6) is 0.531. The SMILES string of the molecule is CCOc1ccc(C(C)NC(=O)c2cnn(-c3ccc([N+](=O)[O-])cc3)c2)cc1. The number of nitro groups is 1. The van der Waals surface area contributed by atoms with Gasteiger partial charge in [-0.25, -0.2) is 4.68 Å². The minimum atomic E-state index is -0.464. The van der Waals surface area contributed by atoms with Gasteiger partial charge < -0.3 is 10.1 Å². The fraction of sp³-hybridized carbons (Fsp3) is 0.200. The van der Waals surface area contributed by atoms with Gasteiger partial charge in [0, 0.05) is 18.3 Å². The van der Waals surface area contributed by atoms with Gasteiger partial charge in [-0.3, -0.25) is 14.9 Å². The van der Waals surface area contributed by atoms with Crippen LogP contribution in [0.15, 0.2) is 60.9 Å². The number of nitro benzene ring substituents is 1. The van der Waals surface area contributed by atoms with Crippen molar-refractivity contribution >= 4 is 11.6 Å². The molecule has 8 heteroatoms. The zero-order valence-electron chi connectivity index (χ0n) is 15.5. The van der Waals surface area contributed by atoms with E-state index in [-0.39, 0.29) is 17.6 Å². The van der Waals surface area contributed by atoms with E-state index in [9.17, 15) is 14.9 Å². The van der Waals surface area contributed by atoms with Crippen molar-refractivity contribution in [2.75, 3.05) is 6.61 Å². The molecule has 0 aliphatic rings. The Morgan fingerprint density at radius 1 is 1.21 bits per heavy atom. The summed E-state index contributed by atoms with van der Waals surface area (Å²) < 4.78 is 6.92. The van der Waals surface area contributed by atoms with Crippen LogP contribution in [-0.4, -0.2) is 27.2 Å². The lowest BCUT2D eigenvalue weighted by atomic mass is 10.1. The highest BCUT2D eigenvalue weighted by atomic mass is 16.6. The second-order valence-corrected chi connectivity index (χ2v) is 6.14. The Balaban J connectivity index is 1.67. The zero-order chi connectivity index (χ0) is 20.1. The highest BCUT2D eigenvalue weighted by Crippen LogP contribution is 2.19. The van der Waals surface area contributed by atoms with Crippen LogP contribution in [0.1, 0.15) is 35.8 Å². The summed E-state index contributed by atoms with van der Waals surface area (Å²) in [6, 6.07) is 13.3. The number of hydrogen-bond acceptors (Lipinski definition) is 5. The normalized spacial score (nSPS) is 11.6. The number of carbonyl (C=O) groups excluding carboxylic acids is 1. The van der Waals surface area contributed by atoms with Crippen molar-refractivity contribution in [1.29, 1.82) is 0 Å². The van der Waals surface area contributed by atoms with Crippen LogP contribution < -0.4 is 10.1 Å². The first-order valence-corrected chi connectivity index (χ1v) is 8.81. The fourth-order valence-electron chi connectivity index (χ4n) is 2.69. The molecule has 0 saturated carbocycles. The molecular formula is C20H20N4O4. The van der Waals surface area contributed by atoms with E-state index in [0.717, 1.165) is 11.3 Å². The number of aromatic nitrogens is 2. The van der Waals surface area contributed by atoms with Crippen molar-refractivity contribution in [1.82, 2.24) is 15.1 Å². The summed E-state index contributed by atoms with van der Waals surface area (Å²) in [5.41, 5.74) is 1.98. The predicted octanol–water partition coefficient (Wildman–Crippen LogP) is 3.67. The van der Waals surface area contributed by atoms with Crippen LogP contribution in [0.2, 0.25) is 0 Å². The lowest BCUT2D eigenvalue weighted by molar-refractivity contribution is -0.384. The molecule has 2 aromatic carbocycles. The van der Waals surface area contributed by atoms with E-state index in [1.54, 1.807) is 18.3 Å². The van der Waals surface area contributed by atoms with Crippen LogP contribution in [0, 0.1) is 10.1 Å². The Labute approximate surface area is 161 Å². The molecule has 0 aliphatic heterocycles. The molecule has 28 heavy (non-hydrogen) atoms. The molecule has 3 rings (SSSR count). The van der Waals surface area contributed by atoms with Gasteiger partial charge in [-0.2, -0.15) is 5.10 Å². The first-order valence-electron chi connectivity index (χ1n) is 8.81. The molecule has 1 atom stereocenters. The Bertz CT molecular complexity index is 965. The van der Waals surface area contributed by atoms with Gasteiger partial charge in [-0.15, -0.1) is 0 Å². The van der Waals surface area contributed by atoms with Crippen LogP contribution in [0.3, 0.4) is 0 Å². The Kier molecular flexibility index (Phi) is 5.69. The first-order chi connectivity index (χ1) is 13.5. The predicted molar refractivity (Wildman–Crippen MR) is 104 cm³/mol. The van der Waals surface area contributed by atoms with Crippen LogP contribution in [0.5, 0.6) is 5.75 Å². The lowest BCUT2D eigenvalue weighted by Crippen LogP contribution is -2.26. The summed E-state index contributed by atoms with van der Waals surface area (Å²) in [6.07, 6.45) is 3.04. The maximum atomic E-state index is 12.5. The van der Waals surface area contributed by atoms with Crippen molar-refractivity contribution in [3.8, 4) is 11.4 Å². The molecule has 3 aromatic rings. The highest BCUT2D eigenvalue weighted by Gasteiger charge is 2.14. The van der Waals surface area contributed by atoms with Crippen LogP contribution in [0.25, 0.3) is 5.69 Å². The number of carbonyl (C=O) groups is 1. The van der Waals surface area contributed by atoms with Gasteiger partial charge in [-0.1, -0.05) is 12.1 Å². The van der Waals surface area contributed by atoms with Crippen LogP contribution in [-0.2, 0) is 0 Å². The molecule has 1 aromatic heterocycles. The van der Waals surface area contributed by atoms with Crippen molar-refractivity contribution in [2.45, 2.75) is 19.9 Å². The van der Waals surface area contributed by atoms with Gasteiger partial charge in [0.05, 0.1) is 35.0 Å². The number of hydrogen-bond donors (Lipinski definition) is 1. The number of non-ortho nitro benzene ring substituents is 1. The Hall–Kier alpha value is -3.68. The van der Waals surface area contributed by atoms with Gasteiger partial charge in [-0.05, 0) is 43.7 Å². The maximum Gasteiger partial charge on any atom is 0.269 e. The molecular weight excluding hydrogens is 360 g/mol. The standard InChI is InChI=1S/C20H20N4O4/c1-3-28-19-10-4-15(5-11-19)14(2)22-20(25)16-12-21-23(13-16)17-6-8-18(9-7-17)24(26)27/h4-14H,3H2,1-2H3,(H,22,25). The van der Waals surface area contributed by atoms with E-state index >= 15 is 0 Å². The monoisotopic (exact) mass is 380 g/mol. The Morgan fingerprint density at radius 2 is 1.89 bits per heavy atom. The summed E-state index contributed by atoms with van der Waals surface area (Å²) in [5, 5.41) is 17.8. The van der Waals surface area contributed by atoms with Gasteiger partial charge in [0.2, 0.25) is 0 Å². The molecule has 1 amide bonds. The van der Waals surface area contributed by atoms with Crippen molar-refractivity contribution < 1.29 is 14.5 Å². The molecule has 0 spiro atoms. The Morgan fingerprint density at radius 3 is 2.50 bits per heavy atom. The highest BCUT2D eigenvalue weighted by molar-refractivity contribution is 5.94. The first kappa shape index (κ1) is 19.1. The smallest absolute Gasteiger partial charge is 0.269 e. The maximum absolute atomic E-state index is 12.5. The van der Waals surface area contributed by atoms with Crippen molar-refractivity contribution in [2.24, 2.45) is 0 Å². The van der Waals surface area contributed by atoms with E-state index < -0.39 is 4.92 Å². The largest absolute Gasteiger partial charge is 0.494 e. The number of nitrogens with one attached hydrogen (secondary N) is 1. The number of ether oxygens (including phenoxy) is 1. The van der Waals surface area contributed by atoms with Gasteiger partial charge in [0.15, 0.2) is 0 Å². The zero-order valence-corrected chi connectivity index (χ0v) is 15.5. The second kappa shape index (κ2) is 8.34. The minimum Gasteiger partial charge on any atom is -0.494 e. The summed E-state index contributed by atoms with van der Waals surface area (Å²) in [6.45, 7) is 4.42. The topological polar surface area (TPSA) is 99.3 Å².